The van der Waals surface area contributed by atoms with Crippen LogP contribution in [0.4, 0.5) is 0 Å². The molecule has 0 heterocycles. The van der Waals surface area contributed by atoms with E-state index in [1.54, 1.807) is 0 Å². The summed E-state index contributed by atoms with van der Waals surface area (Å²) < 4.78 is 0. The van der Waals surface area contributed by atoms with Crippen molar-refractivity contribution in [3.05, 3.63) is 0 Å². The summed E-state index contributed by atoms with van der Waals surface area (Å²) in [6.45, 7) is 12.0. The topological polar surface area (TPSA) is 60.7 Å². The first kappa shape index (κ1) is 23.6. The summed E-state index contributed by atoms with van der Waals surface area (Å²) >= 11 is 0. The second-order valence-electron chi connectivity index (χ2n) is 13.9. The van der Waals surface area contributed by atoms with Crippen LogP contribution in [-0.4, -0.2) is 33.6 Å². The van der Waals surface area contributed by atoms with Crippen LogP contribution in [-0.2, 0) is 0 Å². The summed E-state index contributed by atoms with van der Waals surface area (Å²) in [5.41, 5.74) is 0.114. The van der Waals surface area contributed by atoms with Gasteiger partial charge >= 0.3 is 0 Å². The normalized spacial score (nSPS) is 56.6. The molecule has 0 amide bonds. The van der Waals surface area contributed by atoms with E-state index >= 15 is 0 Å². The molecule has 5 rings (SSSR count). The molecule has 0 aliphatic heterocycles. The Morgan fingerprint density at radius 3 is 2.22 bits per heavy atom. The quantitative estimate of drug-likeness (QED) is 0.511. The number of hydrogen-bond acceptors (Lipinski definition) is 3. The van der Waals surface area contributed by atoms with Crippen LogP contribution >= 0.6 is 0 Å². The van der Waals surface area contributed by atoms with Crippen molar-refractivity contribution < 1.29 is 15.3 Å². The molecule has 4 unspecified atom stereocenters. The summed E-state index contributed by atoms with van der Waals surface area (Å²) in [6, 6.07) is 0. The van der Waals surface area contributed by atoms with Crippen molar-refractivity contribution in [3.8, 4) is 0 Å². The van der Waals surface area contributed by atoms with Crippen molar-refractivity contribution in [2.24, 2.45) is 64.1 Å². The molecule has 5 fully saturated rings. The highest BCUT2D eigenvalue weighted by Crippen LogP contribution is 2.68. The molecule has 0 aromatic rings. The number of aliphatic hydroxyl groups excluding tert-OH is 3. The van der Waals surface area contributed by atoms with Gasteiger partial charge in [0.25, 0.3) is 0 Å². The zero-order chi connectivity index (χ0) is 23.0. The van der Waals surface area contributed by atoms with Crippen molar-refractivity contribution in [1.29, 1.82) is 0 Å². The predicted molar refractivity (Wildman–Crippen MR) is 129 cm³/mol. The van der Waals surface area contributed by atoms with Gasteiger partial charge in [0.05, 0.1) is 18.3 Å². The van der Waals surface area contributed by atoms with E-state index in [4.69, 9.17) is 0 Å². The third-order valence-corrected chi connectivity index (χ3v) is 12.4. The second-order valence-corrected chi connectivity index (χ2v) is 13.9. The van der Waals surface area contributed by atoms with Crippen LogP contribution in [0.1, 0.15) is 98.8 Å². The number of fused-ring (bicyclic) bond motifs is 5. The van der Waals surface area contributed by atoms with E-state index < -0.39 is 0 Å². The van der Waals surface area contributed by atoms with E-state index in [-0.39, 0.29) is 35.1 Å². The Kier molecular flexibility index (Phi) is 6.07. The molecular formula is C29H50O3. The van der Waals surface area contributed by atoms with Gasteiger partial charge in [0.2, 0.25) is 0 Å². The van der Waals surface area contributed by atoms with Gasteiger partial charge in [0.15, 0.2) is 0 Å². The summed E-state index contributed by atoms with van der Waals surface area (Å²) in [5, 5.41) is 33.4. The molecule has 3 N–H and O–H groups in total. The second kappa shape index (κ2) is 8.23. The molecule has 0 radical (unpaired) electrons. The van der Waals surface area contributed by atoms with Gasteiger partial charge in [-0.05, 0) is 110 Å². The minimum Gasteiger partial charge on any atom is -0.393 e. The molecule has 0 bridgehead atoms. The molecule has 5 saturated carbocycles. The van der Waals surface area contributed by atoms with Crippen LogP contribution in [0.2, 0.25) is 0 Å². The fourth-order valence-corrected chi connectivity index (χ4v) is 10.3. The molecule has 14 atom stereocenters. The average molecular weight is 447 g/mol. The molecular weight excluding hydrogens is 396 g/mol. The van der Waals surface area contributed by atoms with Crippen LogP contribution < -0.4 is 0 Å². The molecule has 0 aromatic carbocycles. The van der Waals surface area contributed by atoms with Crippen molar-refractivity contribution in [2.75, 3.05) is 0 Å². The van der Waals surface area contributed by atoms with Crippen LogP contribution in [0.5, 0.6) is 0 Å². The summed E-state index contributed by atoms with van der Waals surface area (Å²) in [6.07, 6.45) is 10.4. The third-order valence-electron chi connectivity index (χ3n) is 12.4. The van der Waals surface area contributed by atoms with E-state index in [1.165, 1.54) is 32.1 Å². The predicted octanol–water partition coefficient (Wildman–Crippen LogP) is 5.66. The number of rotatable bonds is 5. The fourth-order valence-electron chi connectivity index (χ4n) is 10.3. The zero-order valence-electron chi connectivity index (χ0n) is 21.3. The number of aliphatic hydroxyl groups is 3. The SMILES string of the molecule is C[C@H](CC[C@@H](C)[C@H]1[C@H](O)CC2C3CCC4C[C@@H](O)CC[C@]4(C)C3C[C@@H](O)[C@@]21C)[C@@H]1C[C@H]1C. The molecule has 0 aromatic heterocycles. The minimum absolute atomic E-state index is 0.122. The number of hydrogen-bond donors (Lipinski definition) is 3. The van der Waals surface area contributed by atoms with Gasteiger partial charge in [-0.3, -0.25) is 0 Å². The average Bonchev–Trinajstić information content (AvgIpc) is 3.40. The maximum atomic E-state index is 11.7. The smallest absolute Gasteiger partial charge is 0.0603 e. The van der Waals surface area contributed by atoms with Gasteiger partial charge in [0, 0.05) is 5.41 Å². The maximum absolute atomic E-state index is 11.7. The monoisotopic (exact) mass is 446 g/mol. The van der Waals surface area contributed by atoms with Gasteiger partial charge in [-0.15, -0.1) is 0 Å². The lowest BCUT2D eigenvalue weighted by Crippen LogP contribution is -2.59. The summed E-state index contributed by atoms with van der Waals surface area (Å²) in [4.78, 5) is 0. The van der Waals surface area contributed by atoms with Gasteiger partial charge in [0.1, 0.15) is 0 Å². The van der Waals surface area contributed by atoms with Crippen LogP contribution in [0.3, 0.4) is 0 Å². The molecule has 184 valence electrons. The van der Waals surface area contributed by atoms with Crippen molar-refractivity contribution in [2.45, 2.75) is 117 Å². The Bertz CT molecular complexity index is 694. The lowest BCUT2D eigenvalue weighted by Gasteiger charge is -2.62. The van der Waals surface area contributed by atoms with Crippen LogP contribution in [0.25, 0.3) is 0 Å². The van der Waals surface area contributed by atoms with E-state index in [2.05, 4.69) is 34.6 Å². The van der Waals surface area contributed by atoms with Crippen molar-refractivity contribution in [3.63, 3.8) is 0 Å². The Morgan fingerprint density at radius 1 is 0.844 bits per heavy atom. The molecule has 3 nitrogen and oxygen atoms in total. The van der Waals surface area contributed by atoms with Gasteiger partial charge in [-0.2, -0.15) is 0 Å². The van der Waals surface area contributed by atoms with Crippen molar-refractivity contribution in [1.82, 2.24) is 0 Å². The van der Waals surface area contributed by atoms with Gasteiger partial charge < -0.3 is 15.3 Å². The molecule has 5 aliphatic carbocycles. The Balaban J connectivity index is 1.34. The van der Waals surface area contributed by atoms with Gasteiger partial charge in [-0.25, -0.2) is 0 Å². The Labute approximate surface area is 196 Å². The highest BCUT2D eigenvalue weighted by atomic mass is 16.3. The Morgan fingerprint density at radius 2 is 1.53 bits per heavy atom. The lowest BCUT2D eigenvalue weighted by molar-refractivity contribution is -0.176. The third kappa shape index (κ3) is 3.54. The van der Waals surface area contributed by atoms with E-state index in [9.17, 15) is 15.3 Å². The zero-order valence-corrected chi connectivity index (χ0v) is 21.3. The first-order valence-corrected chi connectivity index (χ1v) is 14.1. The summed E-state index contributed by atoms with van der Waals surface area (Å²) in [5.74, 6) is 5.58. The van der Waals surface area contributed by atoms with Gasteiger partial charge in [-0.1, -0.05) is 47.5 Å². The molecule has 32 heavy (non-hydrogen) atoms. The molecule has 0 saturated heterocycles. The first-order valence-electron chi connectivity index (χ1n) is 14.1. The summed E-state index contributed by atoms with van der Waals surface area (Å²) in [7, 11) is 0. The van der Waals surface area contributed by atoms with E-state index in [1.807, 2.05) is 0 Å². The van der Waals surface area contributed by atoms with Crippen LogP contribution in [0, 0.1) is 64.1 Å². The van der Waals surface area contributed by atoms with E-state index in [0.717, 1.165) is 49.9 Å². The molecule has 5 aliphatic rings. The lowest BCUT2D eigenvalue weighted by atomic mass is 9.43. The van der Waals surface area contributed by atoms with Crippen molar-refractivity contribution >= 4 is 0 Å². The Hall–Kier alpha value is -0.120. The largest absolute Gasteiger partial charge is 0.393 e. The minimum atomic E-state index is -0.304. The van der Waals surface area contributed by atoms with E-state index in [0.29, 0.717) is 29.6 Å². The standard InChI is InChI=1S/C29H50O3/c1-16(22-12-18(22)3)6-7-17(2)27-25(31)14-24-21-9-8-19-13-20(30)10-11-28(19,4)23(21)15-26(32)29(24,27)5/h16-27,30-32H,6-15H2,1-5H3/t16-,17-,18-,19?,20+,21?,22+,23?,24?,25-,26-,27+,28+,29-/m1/s1. The van der Waals surface area contributed by atoms with Crippen LogP contribution in [0.15, 0.2) is 0 Å². The highest BCUT2D eigenvalue weighted by Gasteiger charge is 2.65. The first-order chi connectivity index (χ1) is 15.1. The molecule has 3 heteroatoms. The molecule has 0 spiro atoms. The highest BCUT2D eigenvalue weighted by molar-refractivity contribution is 5.14. The maximum Gasteiger partial charge on any atom is 0.0603 e. The fraction of sp³-hybridized carbons (Fsp3) is 1.00.